The Bertz CT molecular complexity index is 842. The molecule has 0 bridgehead atoms. The summed E-state index contributed by atoms with van der Waals surface area (Å²) in [7, 11) is 0. The lowest BCUT2D eigenvalue weighted by Gasteiger charge is -2.18. The van der Waals surface area contributed by atoms with Gasteiger partial charge in [0.1, 0.15) is 0 Å². The van der Waals surface area contributed by atoms with E-state index in [0.29, 0.717) is 10.6 Å². The van der Waals surface area contributed by atoms with Gasteiger partial charge in [-0.2, -0.15) is 13.2 Å². The van der Waals surface area contributed by atoms with Crippen LogP contribution < -0.4 is 16.4 Å². The minimum atomic E-state index is -4.66. The van der Waals surface area contributed by atoms with Crippen molar-refractivity contribution in [1.29, 1.82) is 0 Å². The van der Waals surface area contributed by atoms with Gasteiger partial charge >= 0.3 is 12.2 Å². The molecule has 0 fully saturated rings. The minimum absolute atomic E-state index is 0.0781. The molecule has 0 aliphatic heterocycles. The molecule has 3 amide bonds. The third kappa shape index (κ3) is 6.04. The lowest BCUT2D eigenvalue weighted by Crippen LogP contribution is -2.35. The quantitative estimate of drug-likeness (QED) is 0.652. The van der Waals surface area contributed by atoms with Crippen LogP contribution in [0.3, 0.4) is 0 Å². The minimum Gasteiger partial charge on any atom is -0.352 e. The fourth-order valence-electron chi connectivity index (χ4n) is 2.34. The van der Waals surface area contributed by atoms with E-state index in [9.17, 15) is 22.8 Å². The molecule has 10 heteroatoms. The topological polar surface area (TPSA) is 84.2 Å². The highest BCUT2D eigenvalue weighted by Gasteiger charge is 2.33. The second-order valence-corrected chi connectivity index (χ2v) is 6.40. The normalized spacial score (nSPS) is 12.3. The Kier molecular flexibility index (Phi) is 6.56. The third-order valence-electron chi connectivity index (χ3n) is 3.53. The van der Waals surface area contributed by atoms with Gasteiger partial charge in [-0.3, -0.25) is 4.79 Å². The number of amides is 3. The van der Waals surface area contributed by atoms with Gasteiger partial charge in [0, 0.05) is 10.7 Å². The molecule has 2 rings (SSSR count). The van der Waals surface area contributed by atoms with Crippen LogP contribution in [0.2, 0.25) is 10.0 Å². The Morgan fingerprint density at radius 1 is 1.07 bits per heavy atom. The number of nitrogens with two attached hydrogens (primary N) is 1. The molecule has 0 aliphatic rings. The predicted molar refractivity (Wildman–Crippen MR) is 96.6 cm³/mol. The number of rotatable bonds is 5. The monoisotopic (exact) mass is 419 g/mol. The first kappa shape index (κ1) is 20.9. The molecular formula is C17H14Cl2F3N3O2. The fourth-order valence-corrected chi connectivity index (χ4v) is 2.69. The zero-order valence-corrected chi connectivity index (χ0v) is 15.1. The second-order valence-electron chi connectivity index (χ2n) is 5.56. The van der Waals surface area contributed by atoms with Gasteiger partial charge in [-0.25, -0.2) is 4.79 Å². The summed E-state index contributed by atoms with van der Waals surface area (Å²) >= 11 is 11.4. The number of carbonyl (C=O) groups is 2. The smallest absolute Gasteiger partial charge is 0.352 e. The number of halogens is 5. The SMILES string of the molecule is NC(=O)N[C@H](CC(=O)Nc1ccc(Cl)c(C(F)(F)F)c1)c1ccc(Cl)cc1. The summed E-state index contributed by atoms with van der Waals surface area (Å²) in [6.45, 7) is 0. The zero-order chi connectivity index (χ0) is 20.2. The van der Waals surface area contributed by atoms with E-state index in [1.807, 2.05) is 0 Å². The summed E-state index contributed by atoms with van der Waals surface area (Å²) in [6, 6.07) is 7.72. The highest BCUT2D eigenvalue weighted by molar-refractivity contribution is 6.31. The average Bonchev–Trinajstić information content (AvgIpc) is 2.55. The van der Waals surface area contributed by atoms with Crippen molar-refractivity contribution in [3.05, 3.63) is 63.6 Å². The van der Waals surface area contributed by atoms with Crippen LogP contribution in [0.5, 0.6) is 0 Å². The Morgan fingerprint density at radius 2 is 1.70 bits per heavy atom. The molecule has 0 aliphatic carbocycles. The van der Waals surface area contributed by atoms with Gasteiger partial charge in [0.2, 0.25) is 5.91 Å². The number of primary amides is 1. The van der Waals surface area contributed by atoms with Gasteiger partial charge in [-0.15, -0.1) is 0 Å². The Hall–Kier alpha value is -2.45. The van der Waals surface area contributed by atoms with Gasteiger partial charge in [0.15, 0.2) is 0 Å². The van der Waals surface area contributed by atoms with E-state index in [0.717, 1.165) is 12.1 Å². The van der Waals surface area contributed by atoms with Crippen LogP contribution in [-0.4, -0.2) is 11.9 Å². The van der Waals surface area contributed by atoms with Gasteiger partial charge in [-0.05, 0) is 35.9 Å². The number of urea groups is 1. The molecule has 1 atom stereocenters. The average molecular weight is 420 g/mol. The number of hydrogen-bond donors (Lipinski definition) is 3. The van der Waals surface area contributed by atoms with Gasteiger partial charge in [-0.1, -0.05) is 35.3 Å². The van der Waals surface area contributed by atoms with Crippen LogP contribution in [0.25, 0.3) is 0 Å². The maximum atomic E-state index is 12.9. The Balaban J connectivity index is 2.16. The van der Waals surface area contributed by atoms with Crippen molar-refractivity contribution in [2.24, 2.45) is 5.73 Å². The summed E-state index contributed by atoms with van der Waals surface area (Å²) in [6.07, 6.45) is -4.91. The van der Waals surface area contributed by atoms with E-state index in [4.69, 9.17) is 28.9 Å². The van der Waals surface area contributed by atoms with E-state index in [1.54, 1.807) is 24.3 Å². The maximum Gasteiger partial charge on any atom is 0.417 e. The summed E-state index contributed by atoms with van der Waals surface area (Å²) in [5.41, 5.74) is 4.54. The lowest BCUT2D eigenvalue weighted by atomic mass is 10.0. The van der Waals surface area contributed by atoms with Crippen molar-refractivity contribution >= 4 is 40.8 Å². The predicted octanol–water partition coefficient (Wildman–Crippen LogP) is 4.75. The van der Waals surface area contributed by atoms with Crippen LogP contribution in [0.4, 0.5) is 23.7 Å². The van der Waals surface area contributed by atoms with Gasteiger partial charge in [0.05, 0.1) is 23.0 Å². The Labute approximate surface area is 162 Å². The van der Waals surface area contributed by atoms with Crippen LogP contribution >= 0.6 is 23.2 Å². The van der Waals surface area contributed by atoms with Crippen LogP contribution in [0.1, 0.15) is 23.6 Å². The molecular weight excluding hydrogens is 406 g/mol. The first-order valence-electron chi connectivity index (χ1n) is 7.54. The van der Waals surface area contributed by atoms with Crippen molar-refractivity contribution in [3.63, 3.8) is 0 Å². The van der Waals surface area contributed by atoms with Crippen molar-refractivity contribution in [2.45, 2.75) is 18.6 Å². The van der Waals surface area contributed by atoms with Gasteiger partial charge < -0.3 is 16.4 Å². The summed E-state index contributed by atoms with van der Waals surface area (Å²) in [5, 5.41) is 4.74. The van der Waals surface area contributed by atoms with E-state index in [2.05, 4.69) is 10.6 Å². The van der Waals surface area contributed by atoms with E-state index >= 15 is 0 Å². The van der Waals surface area contributed by atoms with Crippen LogP contribution in [0.15, 0.2) is 42.5 Å². The summed E-state index contributed by atoms with van der Waals surface area (Å²) in [5.74, 6) is -0.626. The van der Waals surface area contributed by atoms with E-state index in [-0.39, 0.29) is 12.1 Å². The summed E-state index contributed by atoms with van der Waals surface area (Å²) < 4.78 is 38.7. The third-order valence-corrected chi connectivity index (χ3v) is 4.12. The van der Waals surface area contributed by atoms with E-state index in [1.165, 1.54) is 6.07 Å². The van der Waals surface area contributed by atoms with Gasteiger partial charge in [0.25, 0.3) is 0 Å². The van der Waals surface area contributed by atoms with Crippen LogP contribution in [0, 0.1) is 0 Å². The molecule has 0 aromatic heterocycles. The molecule has 27 heavy (non-hydrogen) atoms. The molecule has 0 saturated carbocycles. The van der Waals surface area contributed by atoms with E-state index < -0.39 is 34.7 Å². The molecule has 0 unspecified atom stereocenters. The van der Waals surface area contributed by atoms with Crippen LogP contribution in [-0.2, 0) is 11.0 Å². The zero-order valence-electron chi connectivity index (χ0n) is 13.6. The first-order valence-corrected chi connectivity index (χ1v) is 8.30. The second kappa shape index (κ2) is 8.49. The van der Waals surface area contributed by atoms with Crippen molar-refractivity contribution in [1.82, 2.24) is 5.32 Å². The highest BCUT2D eigenvalue weighted by atomic mass is 35.5. The standard InChI is InChI=1S/C17H14Cl2F3N3O2/c18-10-3-1-9(2-4-10)14(25-16(23)27)8-15(26)24-11-5-6-13(19)12(7-11)17(20,21)22/h1-7,14H,8H2,(H,24,26)(H3,23,25,27)/t14-/m1/s1. The number of alkyl halides is 3. The lowest BCUT2D eigenvalue weighted by molar-refractivity contribution is -0.137. The largest absolute Gasteiger partial charge is 0.417 e. The van der Waals surface area contributed by atoms with Crippen molar-refractivity contribution in [3.8, 4) is 0 Å². The molecule has 2 aromatic rings. The van der Waals surface area contributed by atoms with Crippen molar-refractivity contribution in [2.75, 3.05) is 5.32 Å². The molecule has 0 heterocycles. The number of benzene rings is 2. The molecule has 0 radical (unpaired) electrons. The molecule has 4 N–H and O–H groups in total. The molecule has 0 saturated heterocycles. The maximum absolute atomic E-state index is 12.9. The number of hydrogen-bond acceptors (Lipinski definition) is 2. The molecule has 144 valence electrons. The van der Waals surface area contributed by atoms with Crippen molar-refractivity contribution < 1.29 is 22.8 Å². The molecule has 2 aromatic carbocycles. The number of anilines is 1. The fraction of sp³-hybridized carbons (Fsp3) is 0.176. The summed E-state index contributed by atoms with van der Waals surface area (Å²) in [4.78, 5) is 23.4. The first-order chi connectivity index (χ1) is 12.6. The number of nitrogens with one attached hydrogen (secondary N) is 2. The Morgan fingerprint density at radius 3 is 2.26 bits per heavy atom. The molecule has 0 spiro atoms. The highest BCUT2D eigenvalue weighted by Crippen LogP contribution is 2.36. The molecule has 5 nitrogen and oxygen atoms in total. The number of carbonyl (C=O) groups excluding carboxylic acids is 2.